The van der Waals surface area contributed by atoms with E-state index in [1.54, 1.807) is 0 Å². The molecule has 92 valence electrons. The van der Waals surface area contributed by atoms with Gasteiger partial charge in [-0.2, -0.15) is 0 Å². The Morgan fingerprint density at radius 1 is 1.24 bits per heavy atom. The third kappa shape index (κ3) is 4.06. The molecular weight excluding hydrogens is 217 g/mol. The lowest BCUT2D eigenvalue weighted by Crippen LogP contribution is -2.38. The van der Waals surface area contributed by atoms with Gasteiger partial charge in [0.25, 0.3) is 0 Å². The van der Waals surface area contributed by atoms with Crippen molar-refractivity contribution in [3.05, 3.63) is 35.6 Å². The van der Waals surface area contributed by atoms with Crippen LogP contribution in [-0.2, 0) is 6.42 Å². The number of aliphatic imine (C=N–C) groups is 1. The zero-order chi connectivity index (χ0) is 11.9. The molecule has 0 aromatic heterocycles. The summed E-state index contributed by atoms with van der Waals surface area (Å²) in [6.45, 7) is 2.70. The Balaban J connectivity index is 1.75. The van der Waals surface area contributed by atoms with E-state index in [1.165, 1.54) is 18.6 Å². The molecule has 0 aliphatic carbocycles. The number of benzene rings is 1. The highest BCUT2D eigenvalue weighted by Gasteiger charge is 2.01. The van der Waals surface area contributed by atoms with E-state index < -0.39 is 0 Å². The minimum atomic E-state index is -0.184. The van der Waals surface area contributed by atoms with E-state index in [0.717, 1.165) is 44.0 Å². The maximum Gasteiger partial charge on any atom is 0.191 e. The minimum Gasteiger partial charge on any atom is -0.356 e. The number of nitrogens with zero attached hydrogens (tertiary/aromatic N) is 1. The number of nitrogens with one attached hydrogen (secondary N) is 2. The zero-order valence-electron chi connectivity index (χ0n) is 9.88. The summed E-state index contributed by atoms with van der Waals surface area (Å²) in [5.41, 5.74) is 1.13. The summed E-state index contributed by atoms with van der Waals surface area (Å²) in [7, 11) is 0. The molecule has 0 saturated carbocycles. The van der Waals surface area contributed by atoms with E-state index in [1.807, 2.05) is 12.1 Å². The van der Waals surface area contributed by atoms with Crippen molar-refractivity contribution < 1.29 is 4.39 Å². The van der Waals surface area contributed by atoms with Crippen LogP contribution in [0, 0.1) is 5.82 Å². The summed E-state index contributed by atoms with van der Waals surface area (Å²) in [4.78, 5) is 4.40. The SMILES string of the molecule is Fc1ccc(CCNC2=NCCCCN2)cc1. The Hall–Kier alpha value is -1.58. The molecule has 0 atom stereocenters. The van der Waals surface area contributed by atoms with Crippen LogP contribution in [0.25, 0.3) is 0 Å². The number of hydrogen-bond donors (Lipinski definition) is 2. The molecule has 0 bridgehead atoms. The molecule has 0 unspecified atom stereocenters. The van der Waals surface area contributed by atoms with Crippen molar-refractivity contribution in [2.24, 2.45) is 4.99 Å². The lowest BCUT2D eigenvalue weighted by molar-refractivity contribution is 0.626. The first-order chi connectivity index (χ1) is 8.34. The number of halogens is 1. The van der Waals surface area contributed by atoms with Gasteiger partial charge >= 0.3 is 0 Å². The smallest absolute Gasteiger partial charge is 0.191 e. The summed E-state index contributed by atoms with van der Waals surface area (Å²) < 4.78 is 12.7. The first-order valence-electron chi connectivity index (χ1n) is 6.11. The second kappa shape index (κ2) is 6.23. The molecule has 2 rings (SSSR count). The third-order valence-electron chi connectivity index (χ3n) is 2.77. The van der Waals surface area contributed by atoms with Gasteiger partial charge in [-0.05, 0) is 37.0 Å². The van der Waals surface area contributed by atoms with Gasteiger partial charge in [-0.1, -0.05) is 12.1 Å². The number of hydrogen-bond acceptors (Lipinski definition) is 3. The first kappa shape index (κ1) is 11.9. The number of guanidine groups is 1. The van der Waals surface area contributed by atoms with Crippen molar-refractivity contribution in [1.29, 1.82) is 0 Å². The molecule has 0 fully saturated rings. The Kier molecular flexibility index (Phi) is 4.36. The lowest BCUT2D eigenvalue weighted by atomic mass is 10.1. The highest BCUT2D eigenvalue weighted by molar-refractivity contribution is 5.79. The van der Waals surface area contributed by atoms with Gasteiger partial charge in [-0.3, -0.25) is 4.99 Å². The fourth-order valence-electron chi connectivity index (χ4n) is 1.79. The van der Waals surface area contributed by atoms with E-state index in [-0.39, 0.29) is 5.82 Å². The van der Waals surface area contributed by atoms with Gasteiger partial charge in [0.05, 0.1) is 0 Å². The summed E-state index contributed by atoms with van der Waals surface area (Å²) in [5, 5.41) is 6.53. The highest BCUT2D eigenvalue weighted by atomic mass is 19.1. The maximum absolute atomic E-state index is 12.7. The fraction of sp³-hybridized carbons (Fsp3) is 0.462. The van der Waals surface area contributed by atoms with Gasteiger partial charge in [0.1, 0.15) is 5.82 Å². The van der Waals surface area contributed by atoms with Gasteiger partial charge in [0, 0.05) is 19.6 Å². The molecule has 4 heteroatoms. The van der Waals surface area contributed by atoms with Crippen LogP contribution in [0.4, 0.5) is 4.39 Å². The Morgan fingerprint density at radius 3 is 2.88 bits per heavy atom. The predicted octanol–water partition coefficient (Wildman–Crippen LogP) is 1.70. The molecule has 0 saturated heterocycles. The largest absolute Gasteiger partial charge is 0.356 e. The monoisotopic (exact) mass is 235 g/mol. The van der Waals surface area contributed by atoms with Crippen molar-refractivity contribution in [3.63, 3.8) is 0 Å². The van der Waals surface area contributed by atoms with Crippen molar-refractivity contribution in [2.75, 3.05) is 19.6 Å². The molecule has 1 aliphatic rings. The fourth-order valence-corrected chi connectivity index (χ4v) is 1.79. The average Bonchev–Trinajstić information content (AvgIpc) is 2.60. The molecule has 1 heterocycles. The molecule has 0 radical (unpaired) electrons. The molecule has 2 N–H and O–H groups in total. The summed E-state index contributed by atoms with van der Waals surface area (Å²) >= 11 is 0. The molecule has 1 aliphatic heterocycles. The Bertz CT molecular complexity index is 373. The van der Waals surface area contributed by atoms with Gasteiger partial charge in [0.15, 0.2) is 5.96 Å². The minimum absolute atomic E-state index is 0.184. The van der Waals surface area contributed by atoms with Crippen molar-refractivity contribution in [2.45, 2.75) is 19.3 Å². The van der Waals surface area contributed by atoms with E-state index in [4.69, 9.17) is 0 Å². The van der Waals surface area contributed by atoms with Gasteiger partial charge in [-0.25, -0.2) is 4.39 Å². The van der Waals surface area contributed by atoms with Crippen LogP contribution in [0.3, 0.4) is 0 Å². The second-order valence-electron chi connectivity index (χ2n) is 4.17. The van der Waals surface area contributed by atoms with E-state index in [2.05, 4.69) is 15.6 Å². The van der Waals surface area contributed by atoms with Gasteiger partial charge in [0.2, 0.25) is 0 Å². The van der Waals surface area contributed by atoms with Crippen LogP contribution < -0.4 is 10.6 Å². The topological polar surface area (TPSA) is 36.4 Å². The van der Waals surface area contributed by atoms with E-state index in [0.29, 0.717) is 0 Å². The number of rotatable bonds is 3. The second-order valence-corrected chi connectivity index (χ2v) is 4.17. The standard InChI is InChI=1S/C13H18FN3/c14-12-5-3-11(4-6-12)7-10-17-13-15-8-1-2-9-16-13/h3-6H,1-2,7-10H2,(H2,15,16,17). The molecule has 17 heavy (non-hydrogen) atoms. The molecule has 0 amide bonds. The van der Waals surface area contributed by atoms with Crippen molar-refractivity contribution in [1.82, 2.24) is 10.6 Å². The predicted molar refractivity (Wildman–Crippen MR) is 67.6 cm³/mol. The molecule has 3 nitrogen and oxygen atoms in total. The summed E-state index contributed by atoms with van der Waals surface area (Å²) in [6.07, 6.45) is 3.20. The normalized spacial score (nSPS) is 15.7. The third-order valence-corrected chi connectivity index (χ3v) is 2.77. The zero-order valence-corrected chi connectivity index (χ0v) is 9.88. The molecule has 1 aromatic carbocycles. The van der Waals surface area contributed by atoms with Crippen LogP contribution in [0.1, 0.15) is 18.4 Å². The quantitative estimate of drug-likeness (QED) is 0.836. The summed E-state index contributed by atoms with van der Waals surface area (Å²) in [6, 6.07) is 6.63. The Labute approximate surface area is 101 Å². The van der Waals surface area contributed by atoms with Crippen LogP contribution >= 0.6 is 0 Å². The van der Waals surface area contributed by atoms with Gasteiger partial charge < -0.3 is 10.6 Å². The van der Waals surface area contributed by atoms with Crippen molar-refractivity contribution >= 4 is 5.96 Å². The van der Waals surface area contributed by atoms with Crippen LogP contribution in [0.5, 0.6) is 0 Å². The molecular formula is C13H18FN3. The molecule has 0 spiro atoms. The molecule has 1 aromatic rings. The highest BCUT2D eigenvalue weighted by Crippen LogP contribution is 2.02. The first-order valence-corrected chi connectivity index (χ1v) is 6.11. The van der Waals surface area contributed by atoms with Crippen LogP contribution in [0.15, 0.2) is 29.3 Å². The Morgan fingerprint density at radius 2 is 2.06 bits per heavy atom. The summed E-state index contributed by atoms with van der Waals surface area (Å²) in [5.74, 6) is 0.709. The van der Waals surface area contributed by atoms with E-state index >= 15 is 0 Å². The van der Waals surface area contributed by atoms with Gasteiger partial charge in [-0.15, -0.1) is 0 Å². The van der Waals surface area contributed by atoms with Crippen LogP contribution in [0.2, 0.25) is 0 Å². The van der Waals surface area contributed by atoms with Crippen molar-refractivity contribution in [3.8, 4) is 0 Å². The van der Waals surface area contributed by atoms with E-state index in [9.17, 15) is 4.39 Å². The van der Waals surface area contributed by atoms with Crippen LogP contribution in [-0.4, -0.2) is 25.6 Å². The average molecular weight is 235 g/mol. The maximum atomic E-state index is 12.7. The lowest BCUT2D eigenvalue weighted by Gasteiger charge is -2.09.